The van der Waals surface area contributed by atoms with Gasteiger partial charge in [0.05, 0.1) is 12.5 Å². The topological polar surface area (TPSA) is 64.6 Å². The van der Waals surface area contributed by atoms with Gasteiger partial charge in [0.1, 0.15) is 6.61 Å². The number of benzene rings is 1. The largest absolute Gasteiger partial charge is 0.466 e. The van der Waals surface area contributed by atoms with Crippen LogP contribution in [0.1, 0.15) is 31.7 Å². The first-order chi connectivity index (χ1) is 10.7. The van der Waals surface area contributed by atoms with Gasteiger partial charge < -0.3 is 14.8 Å². The first-order valence-electron chi connectivity index (χ1n) is 7.80. The summed E-state index contributed by atoms with van der Waals surface area (Å²) in [6, 6.07) is 9.47. The van der Waals surface area contributed by atoms with Crippen LogP contribution in [0.2, 0.25) is 0 Å². The molecule has 0 bridgehead atoms. The van der Waals surface area contributed by atoms with E-state index in [0.29, 0.717) is 12.5 Å². The van der Waals surface area contributed by atoms with Gasteiger partial charge in [-0.1, -0.05) is 43.2 Å². The van der Waals surface area contributed by atoms with E-state index < -0.39 is 6.09 Å². The molecule has 1 atom stereocenters. The van der Waals surface area contributed by atoms with E-state index >= 15 is 0 Å². The van der Waals surface area contributed by atoms with Gasteiger partial charge in [0.2, 0.25) is 0 Å². The van der Waals surface area contributed by atoms with Crippen molar-refractivity contribution in [1.29, 1.82) is 0 Å². The number of hydrogen-bond donors (Lipinski definition) is 1. The lowest BCUT2D eigenvalue weighted by molar-refractivity contribution is -0.148. The molecule has 1 saturated carbocycles. The Hall–Kier alpha value is -2.04. The van der Waals surface area contributed by atoms with Gasteiger partial charge in [0, 0.05) is 6.54 Å². The molecule has 1 aliphatic carbocycles. The third kappa shape index (κ3) is 5.76. The van der Waals surface area contributed by atoms with Crippen LogP contribution >= 0.6 is 0 Å². The second-order valence-corrected chi connectivity index (χ2v) is 5.57. The van der Waals surface area contributed by atoms with Crippen LogP contribution in [-0.4, -0.2) is 25.2 Å². The van der Waals surface area contributed by atoms with Crippen LogP contribution in [0.5, 0.6) is 0 Å². The number of alkyl carbamates (subject to hydrolysis) is 1. The van der Waals surface area contributed by atoms with Crippen molar-refractivity contribution in [3.63, 3.8) is 0 Å². The molecule has 0 radical (unpaired) electrons. The SMILES string of the molecule is CCOC(=O)C(CNC(=O)OCc1ccccc1)CC1CC1. The minimum atomic E-state index is -0.506. The van der Waals surface area contributed by atoms with Crippen LogP contribution < -0.4 is 5.32 Å². The molecule has 1 unspecified atom stereocenters. The number of hydrogen-bond acceptors (Lipinski definition) is 4. The highest BCUT2D eigenvalue weighted by molar-refractivity contribution is 5.74. The monoisotopic (exact) mass is 305 g/mol. The third-order valence-electron chi connectivity index (χ3n) is 3.64. The van der Waals surface area contributed by atoms with Gasteiger partial charge >= 0.3 is 12.1 Å². The van der Waals surface area contributed by atoms with E-state index in [1.165, 1.54) is 0 Å². The van der Waals surface area contributed by atoms with E-state index in [4.69, 9.17) is 9.47 Å². The number of esters is 1. The van der Waals surface area contributed by atoms with Gasteiger partial charge in [-0.25, -0.2) is 4.79 Å². The molecule has 0 heterocycles. The predicted octanol–water partition coefficient (Wildman–Crippen LogP) is 2.89. The molecule has 120 valence electrons. The van der Waals surface area contributed by atoms with Crippen molar-refractivity contribution in [1.82, 2.24) is 5.32 Å². The highest BCUT2D eigenvalue weighted by Gasteiger charge is 2.30. The smallest absolute Gasteiger partial charge is 0.407 e. The van der Waals surface area contributed by atoms with Crippen molar-refractivity contribution in [3.8, 4) is 0 Å². The summed E-state index contributed by atoms with van der Waals surface area (Å²) in [7, 11) is 0. The fourth-order valence-corrected chi connectivity index (χ4v) is 2.26. The van der Waals surface area contributed by atoms with Gasteiger partial charge in [-0.3, -0.25) is 4.79 Å². The Morgan fingerprint density at radius 1 is 1.23 bits per heavy atom. The summed E-state index contributed by atoms with van der Waals surface area (Å²) in [6.07, 6.45) is 2.59. The van der Waals surface area contributed by atoms with Crippen molar-refractivity contribution in [2.75, 3.05) is 13.2 Å². The summed E-state index contributed by atoms with van der Waals surface area (Å²) in [5, 5.41) is 2.66. The van der Waals surface area contributed by atoms with E-state index in [0.717, 1.165) is 24.8 Å². The van der Waals surface area contributed by atoms with Gasteiger partial charge in [-0.05, 0) is 24.8 Å². The van der Waals surface area contributed by atoms with Crippen LogP contribution in [-0.2, 0) is 20.9 Å². The first-order valence-corrected chi connectivity index (χ1v) is 7.80. The quantitative estimate of drug-likeness (QED) is 0.750. The molecular weight excluding hydrogens is 282 g/mol. The standard InChI is InChI=1S/C17H23NO4/c1-2-21-16(19)15(10-13-8-9-13)11-18-17(20)22-12-14-6-4-3-5-7-14/h3-7,13,15H,2,8-12H2,1H3,(H,18,20). The lowest BCUT2D eigenvalue weighted by Gasteiger charge is -2.16. The Balaban J connectivity index is 1.73. The molecule has 1 N–H and O–H groups in total. The average Bonchev–Trinajstić information content (AvgIpc) is 3.34. The minimum absolute atomic E-state index is 0.222. The molecule has 1 aliphatic rings. The summed E-state index contributed by atoms with van der Waals surface area (Å²) < 4.78 is 10.2. The van der Waals surface area contributed by atoms with Crippen LogP contribution in [0.4, 0.5) is 4.79 Å². The Morgan fingerprint density at radius 3 is 2.59 bits per heavy atom. The van der Waals surface area contributed by atoms with Crippen molar-refractivity contribution >= 4 is 12.1 Å². The third-order valence-corrected chi connectivity index (χ3v) is 3.64. The molecule has 5 heteroatoms. The van der Waals surface area contributed by atoms with E-state index in [-0.39, 0.29) is 25.0 Å². The number of nitrogens with one attached hydrogen (secondary N) is 1. The Morgan fingerprint density at radius 2 is 1.95 bits per heavy atom. The number of amides is 1. The van der Waals surface area contributed by atoms with Crippen molar-refractivity contribution < 1.29 is 19.1 Å². The highest BCUT2D eigenvalue weighted by Crippen LogP contribution is 2.35. The number of rotatable bonds is 8. The van der Waals surface area contributed by atoms with E-state index in [1.807, 2.05) is 30.3 Å². The molecule has 22 heavy (non-hydrogen) atoms. The zero-order valence-corrected chi connectivity index (χ0v) is 12.9. The highest BCUT2D eigenvalue weighted by atomic mass is 16.5. The number of carbonyl (C=O) groups is 2. The van der Waals surface area contributed by atoms with Crippen molar-refractivity contribution in [2.45, 2.75) is 32.8 Å². The predicted molar refractivity (Wildman–Crippen MR) is 82.1 cm³/mol. The molecule has 1 aromatic carbocycles. The lowest BCUT2D eigenvalue weighted by Crippen LogP contribution is -2.34. The van der Waals surface area contributed by atoms with Crippen molar-refractivity contribution in [2.24, 2.45) is 11.8 Å². The molecule has 1 aromatic rings. The van der Waals surface area contributed by atoms with E-state index in [2.05, 4.69) is 5.32 Å². The molecule has 0 spiro atoms. The summed E-state index contributed by atoms with van der Waals surface area (Å²) in [5.41, 5.74) is 0.928. The van der Waals surface area contributed by atoms with Crippen LogP contribution in [0.25, 0.3) is 0 Å². The molecule has 1 fully saturated rings. The maximum atomic E-state index is 11.9. The van der Waals surface area contributed by atoms with Crippen LogP contribution in [0, 0.1) is 11.8 Å². The average molecular weight is 305 g/mol. The molecule has 0 aromatic heterocycles. The molecule has 5 nitrogen and oxygen atoms in total. The fraction of sp³-hybridized carbons (Fsp3) is 0.529. The van der Waals surface area contributed by atoms with Gasteiger partial charge in [0.15, 0.2) is 0 Å². The summed E-state index contributed by atoms with van der Waals surface area (Å²) in [4.78, 5) is 23.6. The molecule has 2 rings (SSSR count). The second-order valence-electron chi connectivity index (χ2n) is 5.57. The maximum absolute atomic E-state index is 11.9. The zero-order valence-electron chi connectivity index (χ0n) is 12.9. The van der Waals surface area contributed by atoms with Gasteiger partial charge in [-0.2, -0.15) is 0 Å². The summed E-state index contributed by atoms with van der Waals surface area (Å²) in [6.45, 7) is 2.63. The molecule has 0 saturated heterocycles. The summed E-state index contributed by atoms with van der Waals surface area (Å²) >= 11 is 0. The molecule has 1 amide bonds. The maximum Gasteiger partial charge on any atom is 0.407 e. The Bertz CT molecular complexity index is 485. The van der Waals surface area contributed by atoms with Crippen LogP contribution in [0.3, 0.4) is 0 Å². The lowest BCUT2D eigenvalue weighted by atomic mass is 10.0. The van der Waals surface area contributed by atoms with E-state index in [1.54, 1.807) is 6.92 Å². The van der Waals surface area contributed by atoms with E-state index in [9.17, 15) is 9.59 Å². The van der Waals surface area contributed by atoms with Gasteiger partial charge in [-0.15, -0.1) is 0 Å². The Kier molecular flexibility index (Phi) is 6.25. The van der Waals surface area contributed by atoms with Crippen molar-refractivity contribution in [3.05, 3.63) is 35.9 Å². The fourth-order valence-electron chi connectivity index (χ4n) is 2.26. The minimum Gasteiger partial charge on any atom is -0.466 e. The zero-order chi connectivity index (χ0) is 15.8. The van der Waals surface area contributed by atoms with Gasteiger partial charge in [0.25, 0.3) is 0 Å². The second kappa shape index (κ2) is 8.41. The number of carbonyl (C=O) groups excluding carboxylic acids is 2. The number of ether oxygens (including phenoxy) is 2. The normalized spacial score (nSPS) is 15.0. The van der Waals surface area contributed by atoms with Crippen LogP contribution in [0.15, 0.2) is 30.3 Å². The first kappa shape index (κ1) is 16.3. The molecular formula is C17H23NO4. The summed E-state index contributed by atoms with van der Waals surface area (Å²) in [5.74, 6) is 0.0750. The molecule has 0 aliphatic heterocycles. The Labute approximate surface area is 131 Å².